The van der Waals surface area contributed by atoms with Gasteiger partial charge in [0.1, 0.15) is 6.42 Å². The molecule has 0 atom stereocenters. The summed E-state index contributed by atoms with van der Waals surface area (Å²) in [4.78, 5) is 3.82. The summed E-state index contributed by atoms with van der Waals surface area (Å²) in [6.45, 7) is 0.751. The molecule has 2 aromatic rings. The molecule has 0 saturated heterocycles. The fourth-order valence-corrected chi connectivity index (χ4v) is 1.82. The molecule has 0 aliphatic heterocycles. The van der Waals surface area contributed by atoms with Crippen LogP contribution in [0.25, 0.3) is 11.5 Å². The molecule has 0 fully saturated rings. The van der Waals surface area contributed by atoms with Crippen LogP contribution in [0, 0.1) is 0 Å². The van der Waals surface area contributed by atoms with Crippen LogP contribution in [-0.2, 0) is 12.8 Å². The topological polar surface area (TPSA) is 51.0 Å². The van der Waals surface area contributed by atoms with Crippen molar-refractivity contribution < 1.29 is 17.7 Å². The molecule has 0 aliphatic carbocycles. The van der Waals surface area contributed by atoms with Crippen LogP contribution in [0.3, 0.4) is 0 Å². The van der Waals surface area contributed by atoms with E-state index in [-0.39, 0.29) is 11.7 Å². The van der Waals surface area contributed by atoms with Crippen molar-refractivity contribution in [1.82, 2.24) is 15.5 Å². The molecule has 4 nitrogen and oxygen atoms in total. The third kappa shape index (κ3) is 3.80. The second kappa shape index (κ2) is 6.04. The zero-order chi connectivity index (χ0) is 14.6. The number of nitrogens with one attached hydrogen (secondary N) is 1. The van der Waals surface area contributed by atoms with Crippen molar-refractivity contribution in [3.05, 3.63) is 35.7 Å². The van der Waals surface area contributed by atoms with Crippen LogP contribution in [0.4, 0.5) is 13.2 Å². The van der Waals surface area contributed by atoms with Crippen LogP contribution in [0.15, 0.2) is 28.8 Å². The minimum absolute atomic E-state index is 0.121. The number of hydrogen-bond donors (Lipinski definition) is 1. The second-order valence-corrected chi connectivity index (χ2v) is 4.32. The zero-order valence-corrected chi connectivity index (χ0v) is 10.9. The Labute approximate surface area is 114 Å². The Balaban J connectivity index is 2.23. The van der Waals surface area contributed by atoms with E-state index in [0.717, 1.165) is 18.5 Å². The largest absolute Gasteiger partial charge is 0.396 e. The van der Waals surface area contributed by atoms with Gasteiger partial charge < -0.3 is 9.84 Å². The number of benzene rings is 1. The molecule has 0 aliphatic rings. The van der Waals surface area contributed by atoms with E-state index in [9.17, 15) is 13.2 Å². The van der Waals surface area contributed by atoms with Crippen LogP contribution in [0.2, 0.25) is 0 Å². The van der Waals surface area contributed by atoms with E-state index < -0.39 is 12.6 Å². The summed E-state index contributed by atoms with van der Waals surface area (Å²) in [5.74, 6) is -0.230. The average Bonchev–Trinajstić information content (AvgIpc) is 2.82. The molecule has 1 heterocycles. The number of rotatable bonds is 5. The molecule has 108 valence electrons. The molecule has 0 bridgehead atoms. The van der Waals surface area contributed by atoms with Crippen molar-refractivity contribution in [1.29, 1.82) is 0 Å². The maximum absolute atomic E-state index is 12.3. The van der Waals surface area contributed by atoms with E-state index in [1.165, 1.54) is 0 Å². The smallest absolute Gasteiger partial charge is 0.334 e. The summed E-state index contributed by atoms with van der Waals surface area (Å²) in [7, 11) is 1.83. The molecule has 0 spiro atoms. The van der Waals surface area contributed by atoms with Crippen molar-refractivity contribution in [2.75, 3.05) is 13.6 Å². The number of aromatic nitrogens is 2. The minimum Gasteiger partial charge on any atom is -0.334 e. The number of alkyl halides is 3. The normalized spacial score (nSPS) is 11.8. The minimum atomic E-state index is -4.34. The molecule has 0 amide bonds. The Hall–Kier alpha value is -1.89. The summed E-state index contributed by atoms with van der Waals surface area (Å²) >= 11 is 0. The van der Waals surface area contributed by atoms with E-state index in [1.807, 2.05) is 19.2 Å². The predicted molar refractivity (Wildman–Crippen MR) is 67.1 cm³/mol. The SMILES string of the molecule is CNCCc1ccccc1-c1nc(CC(F)(F)F)no1. The molecule has 1 aromatic heterocycles. The predicted octanol–water partition coefficient (Wildman–Crippen LogP) is 2.60. The quantitative estimate of drug-likeness (QED) is 0.917. The van der Waals surface area contributed by atoms with E-state index >= 15 is 0 Å². The summed E-state index contributed by atoms with van der Waals surface area (Å²) in [6.07, 6.45) is -4.80. The summed E-state index contributed by atoms with van der Waals surface area (Å²) in [6, 6.07) is 7.30. The summed E-state index contributed by atoms with van der Waals surface area (Å²) < 4.78 is 41.7. The van der Waals surface area contributed by atoms with Gasteiger partial charge in [-0.1, -0.05) is 23.4 Å². The van der Waals surface area contributed by atoms with Crippen LogP contribution in [0.5, 0.6) is 0 Å². The first-order valence-electron chi connectivity index (χ1n) is 6.12. The summed E-state index contributed by atoms with van der Waals surface area (Å²) in [5.41, 5.74) is 1.62. The lowest BCUT2D eigenvalue weighted by Crippen LogP contribution is -2.12. The molecule has 1 N–H and O–H groups in total. The number of halogens is 3. The molecule has 7 heteroatoms. The van der Waals surface area contributed by atoms with Crippen molar-refractivity contribution in [3.63, 3.8) is 0 Å². The Kier molecular flexibility index (Phi) is 4.39. The van der Waals surface area contributed by atoms with Crippen LogP contribution >= 0.6 is 0 Å². The molecular formula is C13H14F3N3O. The van der Waals surface area contributed by atoms with Gasteiger partial charge in [0.25, 0.3) is 5.89 Å². The van der Waals surface area contributed by atoms with Gasteiger partial charge in [-0.15, -0.1) is 0 Å². The highest BCUT2D eigenvalue weighted by Gasteiger charge is 2.30. The Bertz CT molecular complexity index is 566. The summed E-state index contributed by atoms with van der Waals surface area (Å²) in [5, 5.41) is 6.39. The fourth-order valence-electron chi connectivity index (χ4n) is 1.82. The maximum atomic E-state index is 12.3. The first kappa shape index (κ1) is 14.5. The molecule has 0 unspecified atom stereocenters. The first-order valence-corrected chi connectivity index (χ1v) is 6.12. The molecule has 20 heavy (non-hydrogen) atoms. The van der Waals surface area contributed by atoms with E-state index in [4.69, 9.17) is 4.52 Å². The average molecular weight is 285 g/mol. The molecule has 1 aromatic carbocycles. The molecular weight excluding hydrogens is 271 g/mol. The van der Waals surface area contributed by atoms with Gasteiger partial charge in [0.05, 0.1) is 0 Å². The standard InChI is InChI=1S/C13H14F3N3O/c1-17-7-6-9-4-2-3-5-10(9)12-18-11(19-20-12)8-13(14,15)16/h2-5,17H,6-8H2,1H3. The van der Waals surface area contributed by atoms with Gasteiger partial charge in [0.15, 0.2) is 5.82 Å². The van der Waals surface area contributed by atoms with Crippen molar-refractivity contribution in [3.8, 4) is 11.5 Å². The van der Waals surface area contributed by atoms with Crippen LogP contribution in [-0.4, -0.2) is 29.9 Å². The Morgan fingerprint density at radius 1 is 1.25 bits per heavy atom. The van der Waals surface area contributed by atoms with Gasteiger partial charge in [-0.2, -0.15) is 18.2 Å². The van der Waals surface area contributed by atoms with Gasteiger partial charge in [-0.3, -0.25) is 0 Å². The first-order chi connectivity index (χ1) is 9.49. The van der Waals surface area contributed by atoms with Gasteiger partial charge >= 0.3 is 6.18 Å². The van der Waals surface area contributed by atoms with Gasteiger partial charge in [0, 0.05) is 5.56 Å². The van der Waals surface area contributed by atoms with Crippen molar-refractivity contribution in [2.45, 2.75) is 19.0 Å². The Morgan fingerprint density at radius 3 is 2.70 bits per heavy atom. The second-order valence-electron chi connectivity index (χ2n) is 4.32. The monoisotopic (exact) mass is 285 g/mol. The van der Waals surface area contributed by atoms with E-state index in [0.29, 0.717) is 5.56 Å². The molecule has 2 rings (SSSR count). The van der Waals surface area contributed by atoms with Crippen molar-refractivity contribution >= 4 is 0 Å². The third-order valence-electron chi connectivity index (χ3n) is 2.72. The highest BCUT2D eigenvalue weighted by atomic mass is 19.4. The molecule has 0 radical (unpaired) electrons. The van der Waals surface area contributed by atoms with Gasteiger partial charge in [0.2, 0.25) is 0 Å². The lowest BCUT2D eigenvalue weighted by atomic mass is 10.0. The highest BCUT2D eigenvalue weighted by molar-refractivity contribution is 5.58. The fraction of sp³-hybridized carbons (Fsp3) is 0.385. The van der Waals surface area contributed by atoms with Crippen molar-refractivity contribution in [2.24, 2.45) is 0 Å². The lowest BCUT2D eigenvalue weighted by molar-refractivity contribution is -0.128. The maximum Gasteiger partial charge on any atom is 0.396 e. The highest BCUT2D eigenvalue weighted by Crippen LogP contribution is 2.25. The Morgan fingerprint density at radius 2 is 2.00 bits per heavy atom. The van der Waals surface area contributed by atoms with E-state index in [1.54, 1.807) is 12.1 Å². The third-order valence-corrected chi connectivity index (χ3v) is 2.72. The number of likely N-dealkylation sites (N-methyl/N-ethyl adjacent to an activating group) is 1. The van der Waals surface area contributed by atoms with E-state index in [2.05, 4.69) is 15.5 Å². The van der Waals surface area contributed by atoms with Gasteiger partial charge in [-0.25, -0.2) is 0 Å². The molecule has 0 saturated carbocycles. The van der Waals surface area contributed by atoms with Crippen LogP contribution < -0.4 is 5.32 Å². The van der Waals surface area contributed by atoms with Gasteiger partial charge in [-0.05, 0) is 31.6 Å². The van der Waals surface area contributed by atoms with Crippen LogP contribution in [0.1, 0.15) is 11.4 Å². The lowest BCUT2D eigenvalue weighted by Gasteiger charge is -2.05. The number of hydrogen-bond acceptors (Lipinski definition) is 4. The zero-order valence-electron chi connectivity index (χ0n) is 10.9. The number of nitrogens with zero attached hydrogens (tertiary/aromatic N) is 2.